The number of aliphatic hydroxyl groups is 2. The van der Waals surface area contributed by atoms with Crippen molar-refractivity contribution in [1.82, 2.24) is 9.78 Å². The van der Waals surface area contributed by atoms with Gasteiger partial charge in [0.05, 0.1) is 12.1 Å². The van der Waals surface area contributed by atoms with E-state index in [1.807, 2.05) is 22.6 Å². The maximum absolute atomic E-state index is 11.0. The van der Waals surface area contributed by atoms with Crippen molar-refractivity contribution < 1.29 is 20.1 Å². The first kappa shape index (κ1) is 12.3. The largest absolute Gasteiger partial charge is 0.463 e. The Kier molecular flexibility index (Phi) is 3.31. The standard InChI is InChI=1S/C10H9IN2O4/c11-9-6-2-1-5(8(15)4-14)3-7(6)13(12-9)10(16)17/h1-3,8,14-15H,4H2,(H,16,17)/t8-/m1/s1. The number of aliphatic hydroxyl groups excluding tert-OH is 2. The number of hydrogen-bond acceptors (Lipinski definition) is 4. The van der Waals surface area contributed by atoms with Gasteiger partial charge >= 0.3 is 6.09 Å². The fourth-order valence-electron chi connectivity index (χ4n) is 1.55. The Morgan fingerprint density at radius 1 is 1.53 bits per heavy atom. The van der Waals surface area contributed by atoms with Gasteiger partial charge in [-0.05, 0) is 40.3 Å². The van der Waals surface area contributed by atoms with Gasteiger partial charge in [-0.3, -0.25) is 0 Å². The lowest BCUT2D eigenvalue weighted by Gasteiger charge is -2.07. The molecule has 0 amide bonds. The molecule has 0 aliphatic heterocycles. The summed E-state index contributed by atoms with van der Waals surface area (Å²) in [6.45, 7) is -0.413. The molecular formula is C10H9IN2O4. The summed E-state index contributed by atoms with van der Waals surface area (Å²) in [5.74, 6) is 0. The van der Waals surface area contributed by atoms with Crippen LogP contribution in [0, 0.1) is 3.70 Å². The summed E-state index contributed by atoms with van der Waals surface area (Å²) in [7, 11) is 0. The fraction of sp³-hybridized carbons (Fsp3) is 0.200. The minimum atomic E-state index is -1.19. The molecule has 0 saturated carbocycles. The van der Waals surface area contributed by atoms with Gasteiger partial charge in [0.2, 0.25) is 0 Å². The third-order valence-corrected chi connectivity index (χ3v) is 3.20. The first-order valence-corrected chi connectivity index (χ1v) is 5.83. The van der Waals surface area contributed by atoms with Crippen LogP contribution in [0.25, 0.3) is 10.9 Å². The van der Waals surface area contributed by atoms with Crippen LogP contribution in [0.5, 0.6) is 0 Å². The predicted octanol–water partition coefficient (Wildman–Crippen LogP) is 1.19. The molecule has 17 heavy (non-hydrogen) atoms. The van der Waals surface area contributed by atoms with Gasteiger partial charge in [0.25, 0.3) is 0 Å². The summed E-state index contributed by atoms with van der Waals surface area (Å²) < 4.78 is 1.43. The molecule has 6 nitrogen and oxygen atoms in total. The Hall–Kier alpha value is -1.19. The van der Waals surface area contributed by atoms with E-state index in [1.54, 1.807) is 12.1 Å². The Balaban J connectivity index is 2.66. The van der Waals surface area contributed by atoms with Crippen LogP contribution in [0.4, 0.5) is 4.79 Å². The van der Waals surface area contributed by atoms with Crippen molar-refractivity contribution in [2.24, 2.45) is 0 Å². The van der Waals surface area contributed by atoms with E-state index in [2.05, 4.69) is 5.10 Å². The molecule has 0 spiro atoms. The summed E-state index contributed by atoms with van der Waals surface area (Å²) in [6, 6.07) is 4.83. The highest BCUT2D eigenvalue weighted by molar-refractivity contribution is 14.1. The second-order valence-corrected chi connectivity index (χ2v) is 4.48. The third kappa shape index (κ3) is 2.13. The van der Waals surface area contributed by atoms with Crippen LogP contribution in [0.3, 0.4) is 0 Å². The maximum Gasteiger partial charge on any atom is 0.432 e. The molecule has 0 radical (unpaired) electrons. The van der Waals surface area contributed by atoms with Gasteiger partial charge in [0, 0.05) is 5.39 Å². The van der Waals surface area contributed by atoms with Gasteiger partial charge in [0.1, 0.15) is 9.80 Å². The smallest absolute Gasteiger partial charge is 0.432 e. The number of aromatic nitrogens is 2. The van der Waals surface area contributed by atoms with Crippen LogP contribution in [0.15, 0.2) is 18.2 Å². The highest BCUT2D eigenvalue weighted by Crippen LogP contribution is 2.24. The van der Waals surface area contributed by atoms with E-state index in [0.717, 1.165) is 4.68 Å². The molecule has 2 aromatic rings. The Morgan fingerprint density at radius 2 is 2.24 bits per heavy atom. The van der Waals surface area contributed by atoms with Gasteiger partial charge in [-0.15, -0.1) is 0 Å². The average Bonchev–Trinajstić information content (AvgIpc) is 2.65. The second-order valence-electron chi connectivity index (χ2n) is 3.46. The Morgan fingerprint density at radius 3 is 2.82 bits per heavy atom. The van der Waals surface area contributed by atoms with Gasteiger partial charge < -0.3 is 15.3 Å². The van der Waals surface area contributed by atoms with Crippen LogP contribution in [0.1, 0.15) is 11.7 Å². The van der Waals surface area contributed by atoms with Crippen molar-refractivity contribution in [3.63, 3.8) is 0 Å². The molecular weight excluding hydrogens is 339 g/mol. The average molecular weight is 348 g/mol. The van der Waals surface area contributed by atoms with Gasteiger partial charge in [0.15, 0.2) is 0 Å². The number of benzene rings is 1. The minimum Gasteiger partial charge on any atom is -0.463 e. The van der Waals surface area contributed by atoms with Crippen LogP contribution < -0.4 is 0 Å². The van der Waals surface area contributed by atoms with Crippen LogP contribution in [0.2, 0.25) is 0 Å². The molecule has 1 heterocycles. The number of rotatable bonds is 2. The summed E-state index contributed by atoms with van der Waals surface area (Å²) >= 11 is 1.94. The summed E-state index contributed by atoms with van der Waals surface area (Å²) in [5, 5.41) is 31.9. The van der Waals surface area contributed by atoms with Crippen molar-refractivity contribution in [2.45, 2.75) is 6.10 Å². The van der Waals surface area contributed by atoms with E-state index in [0.29, 0.717) is 20.2 Å². The SMILES string of the molecule is O=C(O)n1nc(I)c2ccc([C@H](O)CO)cc21. The van der Waals surface area contributed by atoms with Crippen molar-refractivity contribution in [3.8, 4) is 0 Å². The Labute approximate surface area is 110 Å². The van der Waals surface area contributed by atoms with Gasteiger partial charge in [-0.25, -0.2) is 4.79 Å². The maximum atomic E-state index is 11.0. The number of halogens is 1. The third-order valence-electron chi connectivity index (χ3n) is 2.40. The zero-order valence-electron chi connectivity index (χ0n) is 8.54. The first-order chi connectivity index (χ1) is 8.04. The van der Waals surface area contributed by atoms with Crippen LogP contribution >= 0.6 is 22.6 Å². The molecule has 1 aromatic heterocycles. The van der Waals surface area contributed by atoms with E-state index < -0.39 is 18.8 Å². The molecule has 0 bridgehead atoms. The molecule has 1 atom stereocenters. The molecule has 2 rings (SSSR count). The lowest BCUT2D eigenvalue weighted by Crippen LogP contribution is -2.10. The molecule has 3 N–H and O–H groups in total. The molecule has 0 fully saturated rings. The first-order valence-electron chi connectivity index (χ1n) is 4.75. The highest BCUT2D eigenvalue weighted by atomic mass is 127. The quantitative estimate of drug-likeness (QED) is 0.709. The van der Waals surface area contributed by atoms with E-state index in [9.17, 15) is 9.90 Å². The van der Waals surface area contributed by atoms with Gasteiger partial charge in [-0.2, -0.15) is 9.78 Å². The Bertz CT molecular complexity index is 581. The molecule has 90 valence electrons. The monoisotopic (exact) mass is 348 g/mol. The summed E-state index contributed by atoms with van der Waals surface area (Å²) in [4.78, 5) is 11.0. The molecule has 1 aromatic carbocycles. The fourth-order valence-corrected chi connectivity index (χ4v) is 2.22. The van der Waals surface area contributed by atoms with Crippen molar-refractivity contribution in [1.29, 1.82) is 0 Å². The number of nitrogens with zero attached hydrogens (tertiary/aromatic N) is 2. The van der Waals surface area contributed by atoms with E-state index in [4.69, 9.17) is 10.2 Å². The van der Waals surface area contributed by atoms with Crippen LogP contribution in [-0.4, -0.2) is 37.8 Å². The normalized spacial score (nSPS) is 12.9. The summed E-state index contributed by atoms with van der Waals surface area (Å²) in [6.07, 6.45) is -2.21. The number of fused-ring (bicyclic) bond motifs is 1. The molecule has 0 saturated heterocycles. The highest BCUT2D eigenvalue weighted by Gasteiger charge is 2.15. The lowest BCUT2D eigenvalue weighted by atomic mass is 10.1. The molecule has 0 unspecified atom stereocenters. The zero-order valence-corrected chi connectivity index (χ0v) is 10.7. The van der Waals surface area contributed by atoms with E-state index in [-0.39, 0.29) is 0 Å². The van der Waals surface area contributed by atoms with E-state index in [1.165, 1.54) is 6.07 Å². The molecule has 7 heteroatoms. The number of carboxylic acid groups (broad SMARTS) is 1. The van der Waals surface area contributed by atoms with Crippen molar-refractivity contribution in [2.75, 3.05) is 6.61 Å². The van der Waals surface area contributed by atoms with Crippen molar-refractivity contribution in [3.05, 3.63) is 27.5 Å². The predicted molar refractivity (Wildman–Crippen MR) is 67.9 cm³/mol. The number of hydrogen-bond donors (Lipinski definition) is 3. The zero-order chi connectivity index (χ0) is 12.6. The van der Waals surface area contributed by atoms with E-state index >= 15 is 0 Å². The second kappa shape index (κ2) is 4.59. The minimum absolute atomic E-state index is 0.395. The van der Waals surface area contributed by atoms with Crippen LogP contribution in [-0.2, 0) is 0 Å². The number of carbonyl (C=O) groups is 1. The topological polar surface area (TPSA) is 95.6 Å². The lowest BCUT2D eigenvalue weighted by molar-refractivity contribution is 0.0957. The molecule has 0 aliphatic carbocycles. The summed E-state index contributed by atoms with van der Waals surface area (Å²) in [5.41, 5.74) is 0.853. The van der Waals surface area contributed by atoms with Gasteiger partial charge in [-0.1, -0.05) is 6.07 Å². The molecule has 0 aliphatic rings. The van der Waals surface area contributed by atoms with Crippen molar-refractivity contribution >= 4 is 39.6 Å².